The number of hydrogen-bond acceptors (Lipinski definition) is 3. The summed E-state index contributed by atoms with van der Waals surface area (Å²) in [5, 5.41) is 13.7. The van der Waals surface area contributed by atoms with Gasteiger partial charge < -0.3 is 9.94 Å². The van der Waals surface area contributed by atoms with Crippen molar-refractivity contribution in [1.29, 1.82) is 0 Å². The lowest BCUT2D eigenvalue weighted by Gasteiger charge is -2.19. The van der Waals surface area contributed by atoms with Crippen LogP contribution in [0.2, 0.25) is 0 Å². The van der Waals surface area contributed by atoms with Crippen LogP contribution in [0.5, 0.6) is 0 Å². The van der Waals surface area contributed by atoms with Crippen molar-refractivity contribution in [2.24, 2.45) is 5.16 Å². The molecule has 3 heteroatoms. The van der Waals surface area contributed by atoms with Crippen LogP contribution in [0.1, 0.15) is 18.9 Å². The largest absolute Gasteiger partial charge is 0.360 e. The predicted octanol–water partition coefficient (Wildman–Crippen LogP) is 1.71. The predicted molar refractivity (Wildman–Crippen MR) is 53.9 cm³/mol. The van der Waals surface area contributed by atoms with Crippen LogP contribution in [-0.4, -0.2) is 16.6 Å². The van der Waals surface area contributed by atoms with Gasteiger partial charge in [0, 0.05) is 6.42 Å². The number of oxime groups is 1. The molecule has 3 nitrogen and oxygen atoms in total. The maximum atomic E-state index is 9.98. The van der Waals surface area contributed by atoms with E-state index in [2.05, 4.69) is 5.16 Å². The Morgan fingerprint density at radius 1 is 1.43 bits per heavy atom. The Bertz CT molecular complexity index is 348. The fraction of sp³-hybridized carbons (Fsp3) is 0.364. The van der Waals surface area contributed by atoms with Crippen molar-refractivity contribution in [2.75, 3.05) is 0 Å². The first-order valence-electron chi connectivity index (χ1n) is 4.66. The van der Waals surface area contributed by atoms with E-state index >= 15 is 0 Å². The first kappa shape index (κ1) is 9.21. The van der Waals surface area contributed by atoms with Crippen LogP contribution >= 0.6 is 0 Å². The highest BCUT2D eigenvalue weighted by Gasteiger charge is 2.35. The van der Waals surface area contributed by atoms with E-state index in [1.165, 1.54) is 0 Å². The highest BCUT2D eigenvalue weighted by molar-refractivity contribution is 5.83. The summed E-state index contributed by atoms with van der Waals surface area (Å²) in [6.45, 7) is 1.85. The molecule has 1 aliphatic heterocycles. The number of aliphatic hydroxyl groups is 1. The summed E-state index contributed by atoms with van der Waals surface area (Å²) in [7, 11) is 0. The van der Waals surface area contributed by atoms with Gasteiger partial charge in [-0.25, -0.2) is 0 Å². The van der Waals surface area contributed by atoms with E-state index in [1.807, 2.05) is 37.3 Å². The highest BCUT2D eigenvalue weighted by atomic mass is 16.7. The number of benzene rings is 1. The molecule has 1 atom stereocenters. The minimum Gasteiger partial charge on any atom is -0.360 e. The Balaban J connectivity index is 2.06. The maximum Gasteiger partial charge on any atom is 0.243 e. The topological polar surface area (TPSA) is 41.8 Å². The van der Waals surface area contributed by atoms with Crippen molar-refractivity contribution >= 4 is 5.71 Å². The van der Waals surface area contributed by atoms with Crippen molar-refractivity contribution in [2.45, 2.75) is 25.6 Å². The molecular weight excluding hydrogens is 178 g/mol. The van der Waals surface area contributed by atoms with Crippen molar-refractivity contribution < 1.29 is 9.94 Å². The summed E-state index contributed by atoms with van der Waals surface area (Å²) in [5.41, 5.74) is 1.89. The zero-order chi connectivity index (χ0) is 10.0. The van der Waals surface area contributed by atoms with E-state index < -0.39 is 5.79 Å². The SMILES string of the molecule is CC1=NOC(O)(Cc2ccccc2)C1. The summed E-state index contributed by atoms with van der Waals surface area (Å²) in [5.74, 6) is -1.13. The highest BCUT2D eigenvalue weighted by Crippen LogP contribution is 2.24. The van der Waals surface area contributed by atoms with Crippen LogP contribution in [0.3, 0.4) is 0 Å². The van der Waals surface area contributed by atoms with E-state index in [9.17, 15) is 5.11 Å². The number of rotatable bonds is 2. The van der Waals surface area contributed by atoms with Crippen molar-refractivity contribution in [3.05, 3.63) is 35.9 Å². The first-order chi connectivity index (χ1) is 6.68. The lowest BCUT2D eigenvalue weighted by Crippen LogP contribution is -2.31. The van der Waals surface area contributed by atoms with Gasteiger partial charge in [0.05, 0.1) is 12.1 Å². The molecule has 14 heavy (non-hydrogen) atoms. The quantitative estimate of drug-likeness (QED) is 0.773. The van der Waals surface area contributed by atoms with Gasteiger partial charge in [0.2, 0.25) is 5.79 Å². The third-order valence-electron chi connectivity index (χ3n) is 2.23. The second-order valence-electron chi connectivity index (χ2n) is 3.70. The van der Waals surface area contributed by atoms with E-state index in [-0.39, 0.29) is 0 Å². The molecule has 0 spiro atoms. The Hall–Kier alpha value is -1.35. The average molecular weight is 191 g/mol. The van der Waals surface area contributed by atoms with Crippen molar-refractivity contribution in [3.63, 3.8) is 0 Å². The van der Waals surface area contributed by atoms with Crippen LogP contribution in [0, 0.1) is 0 Å². The molecule has 1 aromatic rings. The molecule has 0 saturated carbocycles. The van der Waals surface area contributed by atoms with Crippen LogP contribution < -0.4 is 0 Å². The fourth-order valence-corrected chi connectivity index (χ4v) is 1.64. The van der Waals surface area contributed by atoms with Gasteiger partial charge in [-0.15, -0.1) is 0 Å². The maximum absolute atomic E-state index is 9.98. The van der Waals surface area contributed by atoms with E-state index in [0.717, 1.165) is 11.3 Å². The number of nitrogens with zero attached hydrogens (tertiary/aromatic N) is 1. The molecule has 2 rings (SSSR count). The van der Waals surface area contributed by atoms with Gasteiger partial charge >= 0.3 is 0 Å². The summed E-state index contributed by atoms with van der Waals surface area (Å²) in [6.07, 6.45) is 0.969. The molecule has 74 valence electrons. The minimum atomic E-state index is -1.13. The Labute approximate surface area is 83.0 Å². The standard InChI is InChI=1S/C11H13NO2/c1-9-7-11(13,14-12-9)8-10-5-3-2-4-6-10/h2-6,13H,7-8H2,1H3. The third kappa shape index (κ3) is 1.93. The number of hydrogen-bond donors (Lipinski definition) is 1. The Kier molecular flexibility index (Phi) is 2.25. The summed E-state index contributed by atoms with van der Waals surface area (Å²) in [4.78, 5) is 5.00. The monoisotopic (exact) mass is 191 g/mol. The van der Waals surface area contributed by atoms with Gasteiger partial charge in [-0.05, 0) is 12.5 Å². The zero-order valence-electron chi connectivity index (χ0n) is 8.10. The van der Waals surface area contributed by atoms with Gasteiger partial charge in [0.15, 0.2) is 0 Å². The molecule has 1 aliphatic rings. The normalized spacial score (nSPS) is 25.7. The molecule has 0 aromatic heterocycles. The van der Waals surface area contributed by atoms with Crippen LogP contribution in [0.15, 0.2) is 35.5 Å². The van der Waals surface area contributed by atoms with Crippen LogP contribution in [0.25, 0.3) is 0 Å². The van der Waals surface area contributed by atoms with Crippen LogP contribution in [0.4, 0.5) is 0 Å². The van der Waals surface area contributed by atoms with E-state index in [0.29, 0.717) is 12.8 Å². The van der Waals surface area contributed by atoms with E-state index in [4.69, 9.17) is 4.84 Å². The summed E-state index contributed by atoms with van der Waals surface area (Å²) >= 11 is 0. The molecule has 0 radical (unpaired) electrons. The first-order valence-corrected chi connectivity index (χ1v) is 4.66. The lowest BCUT2D eigenvalue weighted by atomic mass is 10.0. The minimum absolute atomic E-state index is 0.481. The molecule has 1 aromatic carbocycles. The Morgan fingerprint density at radius 3 is 2.71 bits per heavy atom. The second kappa shape index (κ2) is 3.42. The fourth-order valence-electron chi connectivity index (χ4n) is 1.64. The lowest BCUT2D eigenvalue weighted by molar-refractivity contribution is -0.183. The molecule has 0 bridgehead atoms. The van der Waals surface area contributed by atoms with Gasteiger partial charge in [0.1, 0.15) is 0 Å². The van der Waals surface area contributed by atoms with Gasteiger partial charge in [-0.2, -0.15) is 0 Å². The summed E-state index contributed by atoms with van der Waals surface area (Å²) in [6, 6.07) is 9.78. The van der Waals surface area contributed by atoms with Crippen LogP contribution in [-0.2, 0) is 11.3 Å². The average Bonchev–Trinajstić information content (AvgIpc) is 2.47. The molecule has 0 aliphatic carbocycles. The van der Waals surface area contributed by atoms with Gasteiger partial charge in [-0.3, -0.25) is 0 Å². The molecule has 1 N–H and O–H groups in total. The van der Waals surface area contributed by atoms with Crippen molar-refractivity contribution in [1.82, 2.24) is 0 Å². The molecule has 0 amide bonds. The van der Waals surface area contributed by atoms with Gasteiger partial charge in [-0.1, -0.05) is 35.5 Å². The summed E-state index contributed by atoms with van der Waals surface area (Å²) < 4.78 is 0. The molecule has 0 saturated heterocycles. The second-order valence-corrected chi connectivity index (χ2v) is 3.70. The third-order valence-corrected chi connectivity index (χ3v) is 2.23. The Morgan fingerprint density at radius 2 is 2.14 bits per heavy atom. The molecule has 1 heterocycles. The zero-order valence-corrected chi connectivity index (χ0v) is 8.10. The smallest absolute Gasteiger partial charge is 0.243 e. The van der Waals surface area contributed by atoms with Crippen molar-refractivity contribution in [3.8, 4) is 0 Å². The van der Waals surface area contributed by atoms with Gasteiger partial charge in [0.25, 0.3) is 0 Å². The van der Waals surface area contributed by atoms with E-state index in [1.54, 1.807) is 0 Å². The molecule has 1 unspecified atom stereocenters. The molecular formula is C11H13NO2. The molecule has 0 fully saturated rings.